The largest absolute Gasteiger partial charge is 0.454 e. The van der Waals surface area contributed by atoms with Crippen LogP contribution in [0.2, 0.25) is 0 Å². The van der Waals surface area contributed by atoms with Crippen molar-refractivity contribution in [3.8, 4) is 11.5 Å². The van der Waals surface area contributed by atoms with Crippen LogP contribution >= 0.6 is 0 Å². The molecule has 2 atom stereocenters. The highest BCUT2D eigenvalue weighted by atomic mass is 16.7. The summed E-state index contributed by atoms with van der Waals surface area (Å²) in [7, 11) is 0. The van der Waals surface area contributed by atoms with E-state index in [0.717, 1.165) is 5.56 Å². The molecule has 4 rings (SSSR count). The van der Waals surface area contributed by atoms with Crippen LogP contribution in [0.4, 0.5) is 0 Å². The number of carbonyl (C=O) groups excluding carboxylic acids is 3. The average molecular weight is 417 g/mol. The lowest BCUT2D eigenvalue weighted by Crippen LogP contribution is -2.54. The molecule has 2 fully saturated rings. The first-order valence-corrected chi connectivity index (χ1v) is 10.3. The number of piperidine rings is 2. The predicted octanol–water partition coefficient (Wildman–Crippen LogP) is -0.109. The Morgan fingerprint density at radius 2 is 1.73 bits per heavy atom. The molecule has 162 valence electrons. The molecule has 0 bridgehead atoms. The molecule has 1 aromatic rings. The number of likely N-dealkylation sites (tertiary alicyclic amines) is 2. The van der Waals surface area contributed by atoms with Gasteiger partial charge in [-0.2, -0.15) is 0 Å². The third kappa shape index (κ3) is 4.21. The molecule has 0 unspecified atom stereocenters. The summed E-state index contributed by atoms with van der Waals surface area (Å²) in [5, 5.41) is 10.4. The number of hydrogen-bond donors (Lipinski definition) is 2. The number of nitrogens with zero attached hydrogens (tertiary/aromatic N) is 2. The summed E-state index contributed by atoms with van der Waals surface area (Å²) in [6, 6.07) is 5.41. The molecule has 3 aliphatic heterocycles. The predicted molar refractivity (Wildman–Crippen MR) is 105 cm³/mol. The lowest BCUT2D eigenvalue weighted by atomic mass is 9.90. The average Bonchev–Trinajstić information content (AvgIpc) is 3.21. The van der Waals surface area contributed by atoms with Gasteiger partial charge in [0, 0.05) is 32.1 Å². The minimum Gasteiger partial charge on any atom is -0.454 e. The normalized spacial score (nSPS) is 24.0. The summed E-state index contributed by atoms with van der Waals surface area (Å²) >= 11 is 0. The van der Waals surface area contributed by atoms with Crippen LogP contribution in [0.25, 0.3) is 0 Å². The number of nitrogens with two attached hydrogens (primary N) is 1. The Morgan fingerprint density at radius 3 is 2.47 bits per heavy atom. The van der Waals surface area contributed by atoms with Crippen LogP contribution in [0.15, 0.2) is 18.2 Å². The monoisotopic (exact) mass is 417 g/mol. The zero-order valence-corrected chi connectivity index (χ0v) is 16.8. The first-order chi connectivity index (χ1) is 14.4. The van der Waals surface area contributed by atoms with E-state index in [1.54, 1.807) is 21.9 Å². The summed E-state index contributed by atoms with van der Waals surface area (Å²) in [5.74, 6) is -0.147. The van der Waals surface area contributed by atoms with Crippen LogP contribution in [0.5, 0.6) is 11.5 Å². The molecule has 3 amide bonds. The Balaban J connectivity index is 1.36. The molecule has 0 radical (unpaired) electrons. The SMILES string of the molecule is NC(=O)C1CCN(C(=O)[C@H]2CN(C(=O)Cc3ccc4c(c3)OCO4)CC[C@H]2O)CC1. The van der Waals surface area contributed by atoms with Gasteiger partial charge in [-0.1, -0.05) is 6.07 Å². The van der Waals surface area contributed by atoms with Gasteiger partial charge in [-0.3, -0.25) is 14.4 Å². The fourth-order valence-corrected chi connectivity index (χ4v) is 4.37. The molecule has 3 N–H and O–H groups in total. The second-order valence-electron chi connectivity index (χ2n) is 8.17. The maximum absolute atomic E-state index is 13.0. The third-order valence-electron chi connectivity index (χ3n) is 6.25. The Hall–Kier alpha value is -2.81. The zero-order valence-electron chi connectivity index (χ0n) is 16.8. The van der Waals surface area contributed by atoms with Crippen LogP contribution in [-0.2, 0) is 20.8 Å². The highest BCUT2D eigenvalue weighted by Gasteiger charge is 2.38. The number of aliphatic hydroxyl groups is 1. The molecule has 3 aliphatic rings. The molecule has 9 nitrogen and oxygen atoms in total. The smallest absolute Gasteiger partial charge is 0.231 e. The molecule has 2 saturated heterocycles. The number of fused-ring (bicyclic) bond motifs is 1. The highest BCUT2D eigenvalue weighted by Crippen LogP contribution is 2.33. The maximum atomic E-state index is 13.0. The molecular formula is C21H27N3O6. The van der Waals surface area contributed by atoms with Crippen LogP contribution in [0.1, 0.15) is 24.8 Å². The topological polar surface area (TPSA) is 122 Å². The van der Waals surface area contributed by atoms with Crippen molar-refractivity contribution in [2.24, 2.45) is 17.6 Å². The Bertz CT molecular complexity index is 836. The van der Waals surface area contributed by atoms with Gasteiger partial charge in [-0.25, -0.2) is 0 Å². The van der Waals surface area contributed by atoms with Crippen molar-refractivity contribution < 1.29 is 29.0 Å². The van der Waals surface area contributed by atoms with Gasteiger partial charge in [-0.05, 0) is 37.0 Å². The Kier molecular flexibility index (Phi) is 5.80. The van der Waals surface area contributed by atoms with Gasteiger partial charge in [-0.15, -0.1) is 0 Å². The van der Waals surface area contributed by atoms with Crippen LogP contribution < -0.4 is 15.2 Å². The molecule has 1 aromatic carbocycles. The quantitative estimate of drug-likeness (QED) is 0.705. The lowest BCUT2D eigenvalue weighted by Gasteiger charge is -2.39. The van der Waals surface area contributed by atoms with Crippen molar-refractivity contribution >= 4 is 17.7 Å². The number of aliphatic hydroxyl groups excluding tert-OH is 1. The summed E-state index contributed by atoms with van der Waals surface area (Å²) in [4.78, 5) is 40.5. The molecule has 9 heteroatoms. The molecular weight excluding hydrogens is 390 g/mol. The number of primary amides is 1. The van der Waals surface area contributed by atoms with E-state index in [1.807, 2.05) is 6.07 Å². The molecule has 0 aromatic heterocycles. The fourth-order valence-electron chi connectivity index (χ4n) is 4.37. The number of rotatable bonds is 4. The summed E-state index contributed by atoms with van der Waals surface area (Å²) < 4.78 is 10.7. The van der Waals surface area contributed by atoms with E-state index in [0.29, 0.717) is 50.4 Å². The molecule has 0 aliphatic carbocycles. The third-order valence-corrected chi connectivity index (χ3v) is 6.25. The first-order valence-electron chi connectivity index (χ1n) is 10.3. The van der Waals surface area contributed by atoms with Crippen molar-refractivity contribution in [1.82, 2.24) is 9.80 Å². The van der Waals surface area contributed by atoms with Crippen LogP contribution in [0.3, 0.4) is 0 Å². The van der Waals surface area contributed by atoms with E-state index in [1.165, 1.54) is 0 Å². The van der Waals surface area contributed by atoms with Gasteiger partial charge in [0.1, 0.15) is 0 Å². The lowest BCUT2D eigenvalue weighted by molar-refractivity contribution is -0.148. The van der Waals surface area contributed by atoms with Gasteiger partial charge >= 0.3 is 0 Å². The second kappa shape index (κ2) is 8.51. The van der Waals surface area contributed by atoms with E-state index < -0.39 is 12.0 Å². The van der Waals surface area contributed by atoms with E-state index in [4.69, 9.17) is 15.2 Å². The van der Waals surface area contributed by atoms with Crippen LogP contribution in [-0.4, -0.2) is 71.7 Å². The van der Waals surface area contributed by atoms with Gasteiger partial charge in [0.15, 0.2) is 11.5 Å². The van der Waals surface area contributed by atoms with Crippen LogP contribution in [0, 0.1) is 11.8 Å². The minimum absolute atomic E-state index is 0.0917. The van der Waals surface area contributed by atoms with Gasteiger partial charge < -0.3 is 30.1 Å². The number of ether oxygens (including phenoxy) is 2. The van der Waals surface area contributed by atoms with E-state index >= 15 is 0 Å². The van der Waals surface area contributed by atoms with Crippen molar-refractivity contribution in [3.05, 3.63) is 23.8 Å². The van der Waals surface area contributed by atoms with Gasteiger partial charge in [0.05, 0.1) is 18.4 Å². The first kappa shape index (κ1) is 20.5. The highest BCUT2D eigenvalue weighted by molar-refractivity contribution is 5.83. The number of benzene rings is 1. The van der Waals surface area contributed by atoms with E-state index in [-0.39, 0.29) is 43.4 Å². The van der Waals surface area contributed by atoms with Crippen molar-refractivity contribution in [2.45, 2.75) is 31.8 Å². The Morgan fingerprint density at radius 1 is 1.03 bits per heavy atom. The number of amides is 3. The molecule has 0 spiro atoms. The van der Waals surface area contributed by atoms with Crippen molar-refractivity contribution in [3.63, 3.8) is 0 Å². The van der Waals surface area contributed by atoms with E-state index in [2.05, 4.69) is 0 Å². The molecule has 30 heavy (non-hydrogen) atoms. The minimum atomic E-state index is -0.777. The van der Waals surface area contributed by atoms with Crippen molar-refractivity contribution in [2.75, 3.05) is 33.0 Å². The zero-order chi connectivity index (χ0) is 21.3. The maximum Gasteiger partial charge on any atom is 0.231 e. The summed E-state index contributed by atoms with van der Waals surface area (Å²) in [5.41, 5.74) is 6.17. The Labute approximate surface area is 174 Å². The molecule has 0 saturated carbocycles. The number of hydrogen-bond acceptors (Lipinski definition) is 6. The summed E-state index contributed by atoms with van der Waals surface area (Å²) in [6.07, 6.45) is 0.854. The number of carbonyl (C=O) groups is 3. The molecule has 3 heterocycles. The fraction of sp³-hybridized carbons (Fsp3) is 0.571. The standard InChI is InChI=1S/C21H27N3O6/c22-20(27)14-3-6-23(7-4-14)21(28)15-11-24(8-5-16(15)25)19(26)10-13-1-2-17-18(9-13)30-12-29-17/h1-2,9,14-16,25H,3-8,10-12H2,(H2,22,27)/t15-,16+/m0/s1. The van der Waals surface area contributed by atoms with E-state index in [9.17, 15) is 19.5 Å². The van der Waals surface area contributed by atoms with Gasteiger partial charge in [0.25, 0.3) is 0 Å². The van der Waals surface area contributed by atoms with Crippen molar-refractivity contribution in [1.29, 1.82) is 0 Å². The van der Waals surface area contributed by atoms with Gasteiger partial charge in [0.2, 0.25) is 24.5 Å². The second-order valence-corrected chi connectivity index (χ2v) is 8.17. The summed E-state index contributed by atoms with van der Waals surface area (Å²) in [6.45, 7) is 1.68.